The maximum atomic E-state index is 12.6. The van der Waals surface area contributed by atoms with Crippen molar-refractivity contribution < 1.29 is 9.53 Å². The number of hydrogen-bond acceptors (Lipinski definition) is 5. The van der Waals surface area contributed by atoms with E-state index in [-0.39, 0.29) is 5.91 Å². The normalized spacial score (nSPS) is 10.4. The molecule has 1 heterocycles. The molecule has 2 N–H and O–H groups in total. The topological polar surface area (TPSA) is 76.1 Å². The summed E-state index contributed by atoms with van der Waals surface area (Å²) in [6.07, 6.45) is 4.75. The molecule has 0 aliphatic rings. The highest BCUT2D eigenvalue weighted by Crippen LogP contribution is 2.21. The highest BCUT2D eigenvalue weighted by molar-refractivity contribution is 6.04. The van der Waals surface area contributed by atoms with Gasteiger partial charge in [-0.15, -0.1) is 0 Å². The number of rotatable bonds is 8. The quantitative estimate of drug-likeness (QED) is 0.601. The standard InChI is InChI=1S/C23H26N4O2/c1-4-18-9-5-7-16(2)21(18)27-22(28)19-14-25-23(26-15-19)24-12-11-17-8-6-10-20(13-17)29-3/h5-10,13-15H,4,11-12H2,1-3H3,(H,27,28)(H,24,25,26). The minimum atomic E-state index is -0.211. The fourth-order valence-corrected chi connectivity index (χ4v) is 3.07. The summed E-state index contributed by atoms with van der Waals surface area (Å²) in [6, 6.07) is 14.0. The third kappa shape index (κ3) is 5.31. The van der Waals surface area contributed by atoms with E-state index < -0.39 is 0 Å². The number of carbonyl (C=O) groups excluding carboxylic acids is 1. The first-order valence-electron chi connectivity index (χ1n) is 9.69. The predicted molar refractivity (Wildman–Crippen MR) is 116 cm³/mol. The molecule has 0 unspecified atom stereocenters. The molecule has 0 aliphatic heterocycles. The van der Waals surface area contributed by atoms with Crippen LogP contribution in [0.25, 0.3) is 0 Å². The number of amides is 1. The van der Waals surface area contributed by atoms with E-state index in [1.165, 1.54) is 0 Å². The van der Waals surface area contributed by atoms with Crippen LogP contribution in [-0.2, 0) is 12.8 Å². The Morgan fingerprint density at radius 2 is 1.86 bits per heavy atom. The van der Waals surface area contributed by atoms with Gasteiger partial charge in [0.25, 0.3) is 5.91 Å². The maximum absolute atomic E-state index is 12.6. The Labute approximate surface area is 171 Å². The van der Waals surface area contributed by atoms with Gasteiger partial charge in [-0.25, -0.2) is 9.97 Å². The molecule has 150 valence electrons. The molecule has 0 radical (unpaired) electrons. The lowest BCUT2D eigenvalue weighted by atomic mass is 10.1. The molecule has 1 amide bonds. The van der Waals surface area contributed by atoms with Gasteiger partial charge in [-0.1, -0.05) is 37.3 Å². The number of aromatic nitrogens is 2. The predicted octanol–water partition coefficient (Wildman–Crippen LogP) is 4.26. The van der Waals surface area contributed by atoms with Crippen molar-refractivity contribution >= 4 is 17.5 Å². The fourth-order valence-electron chi connectivity index (χ4n) is 3.07. The zero-order chi connectivity index (χ0) is 20.6. The van der Waals surface area contributed by atoms with E-state index >= 15 is 0 Å². The van der Waals surface area contributed by atoms with Gasteiger partial charge in [0.2, 0.25) is 5.95 Å². The molecule has 0 spiro atoms. The van der Waals surface area contributed by atoms with Crippen molar-refractivity contribution in [1.82, 2.24) is 9.97 Å². The van der Waals surface area contributed by atoms with E-state index in [0.29, 0.717) is 18.1 Å². The molecule has 0 fully saturated rings. The molecule has 0 atom stereocenters. The Kier molecular flexibility index (Phi) is 6.79. The highest BCUT2D eigenvalue weighted by Gasteiger charge is 2.11. The average molecular weight is 390 g/mol. The van der Waals surface area contributed by atoms with Crippen LogP contribution in [0.3, 0.4) is 0 Å². The molecule has 1 aromatic heterocycles. The number of benzene rings is 2. The zero-order valence-electron chi connectivity index (χ0n) is 17.0. The van der Waals surface area contributed by atoms with Gasteiger partial charge >= 0.3 is 0 Å². The molecule has 0 saturated carbocycles. The number of carbonyl (C=O) groups is 1. The van der Waals surface area contributed by atoms with Crippen molar-refractivity contribution in [3.8, 4) is 5.75 Å². The van der Waals surface area contributed by atoms with Crippen molar-refractivity contribution in [3.63, 3.8) is 0 Å². The van der Waals surface area contributed by atoms with E-state index in [0.717, 1.165) is 41.0 Å². The lowest BCUT2D eigenvalue weighted by Crippen LogP contribution is -2.16. The van der Waals surface area contributed by atoms with Crippen molar-refractivity contribution in [2.24, 2.45) is 0 Å². The molecular weight excluding hydrogens is 364 g/mol. The van der Waals surface area contributed by atoms with Crippen LogP contribution in [0, 0.1) is 6.92 Å². The minimum absolute atomic E-state index is 0.211. The van der Waals surface area contributed by atoms with E-state index in [4.69, 9.17) is 4.74 Å². The van der Waals surface area contributed by atoms with Gasteiger partial charge in [0.1, 0.15) is 5.75 Å². The van der Waals surface area contributed by atoms with E-state index in [9.17, 15) is 4.79 Å². The van der Waals surface area contributed by atoms with Gasteiger partial charge < -0.3 is 15.4 Å². The number of aryl methyl sites for hydroxylation is 2. The molecule has 3 rings (SSSR count). The highest BCUT2D eigenvalue weighted by atomic mass is 16.5. The van der Waals surface area contributed by atoms with Crippen LogP contribution in [0.4, 0.5) is 11.6 Å². The summed E-state index contributed by atoms with van der Waals surface area (Å²) in [5, 5.41) is 6.17. The molecule has 6 heteroatoms. The SMILES string of the molecule is CCc1cccc(C)c1NC(=O)c1cnc(NCCc2cccc(OC)c2)nc1. The summed E-state index contributed by atoms with van der Waals surface area (Å²) in [5.41, 5.74) is 4.59. The lowest BCUT2D eigenvalue weighted by molar-refractivity contribution is 0.102. The Morgan fingerprint density at radius 1 is 1.10 bits per heavy atom. The number of ether oxygens (including phenoxy) is 1. The second-order valence-corrected chi connectivity index (χ2v) is 6.74. The van der Waals surface area contributed by atoms with Crippen LogP contribution in [0.1, 0.15) is 34.0 Å². The lowest BCUT2D eigenvalue weighted by Gasteiger charge is -2.13. The fraction of sp³-hybridized carbons (Fsp3) is 0.261. The summed E-state index contributed by atoms with van der Waals surface area (Å²) < 4.78 is 5.24. The third-order valence-electron chi connectivity index (χ3n) is 4.72. The van der Waals surface area contributed by atoms with Gasteiger partial charge in [0, 0.05) is 24.6 Å². The average Bonchev–Trinajstić information content (AvgIpc) is 2.75. The monoisotopic (exact) mass is 390 g/mol. The van der Waals surface area contributed by atoms with Crippen molar-refractivity contribution in [2.75, 3.05) is 24.3 Å². The smallest absolute Gasteiger partial charge is 0.258 e. The second kappa shape index (κ2) is 9.68. The van der Waals surface area contributed by atoms with Crippen LogP contribution in [-0.4, -0.2) is 29.5 Å². The largest absolute Gasteiger partial charge is 0.497 e. The van der Waals surface area contributed by atoms with Gasteiger partial charge in [-0.05, 0) is 48.6 Å². The van der Waals surface area contributed by atoms with Gasteiger partial charge in [-0.2, -0.15) is 0 Å². The second-order valence-electron chi connectivity index (χ2n) is 6.74. The molecule has 2 aromatic carbocycles. The van der Waals surface area contributed by atoms with Crippen LogP contribution >= 0.6 is 0 Å². The molecule has 0 saturated heterocycles. The van der Waals surface area contributed by atoms with Crippen LogP contribution in [0.5, 0.6) is 5.75 Å². The Morgan fingerprint density at radius 3 is 2.59 bits per heavy atom. The van der Waals surface area contributed by atoms with Crippen molar-refractivity contribution in [3.05, 3.63) is 77.1 Å². The number of anilines is 2. The summed E-state index contributed by atoms with van der Waals surface area (Å²) >= 11 is 0. The summed E-state index contributed by atoms with van der Waals surface area (Å²) in [5.74, 6) is 1.13. The Balaban J connectivity index is 1.57. The molecule has 0 bridgehead atoms. The molecule has 3 aromatic rings. The minimum Gasteiger partial charge on any atom is -0.497 e. The molecule has 0 aliphatic carbocycles. The maximum Gasteiger partial charge on any atom is 0.258 e. The molecule has 6 nitrogen and oxygen atoms in total. The van der Waals surface area contributed by atoms with E-state index in [1.54, 1.807) is 19.5 Å². The first-order chi connectivity index (χ1) is 14.1. The number of nitrogens with one attached hydrogen (secondary N) is 2. The zero-order valence-corrected chi connectivity index (χ0v) is 17.0. The summed E-state index contributed by atoms with van der Waals surface area (Å²) in [6.45, 7) is 4.74. The molecule has 29 heavy (non-hydrogen) atoms. The Hall–Kier alpha value is -3.41. The Bertz CT molecular complexity index is 971. The van der Waals surface area contributed by atoms with Gasteiger partial charge in [0.05, 0.1) is 12.7 Å². The summed E-state index contributed by atoms with van der Waals surface area (Å²) in [4.78, 5) is 21.1. The van der Waals surface area contributed by atoms with Crippen LogP contribution in [0.15, 0.2) is 54.9 Å². The van der Waals surface area contributed by atoms with E-state index in [1.807, 2.05) is 43.3 Å². The first kappa shape index (κ1) is 20.3. The third-order valence-corrected chi connectivity index (χ3v) is 4.72. The summed E-state index contributed by atoms with van der Waals surface area (Å²) in [7, 11) is 1.66. The number of hydrogen-bond donors (Lipinski definition) is 2. The number of methoxy groups -OCH3 is 1. The van der Waals surface area contributed by atoms with E-state index in [2.05, 4.69) is 33.6 Å². The number of para-hydroxylation sites is 1. The first-order valence-corrected chi connectivity index (χ1v) is 9.69. The van der Waals surface area contributed by atoms with Crippen LogP contribution in [0.2, 0.25) is 0 Å². The van der Waals surface area contributed by atoms with Crippen molar-refractivity contribution in [1.29, 1.82) is 0 Å². The number of nitrogens with zero attached hydrogens (tertiary/aromatic N) is 2. The van der Waals surface area contributed by atoms with Crippen molar-refractivity contribution in [2.45, 2.75) is 26.7 Å². The molecular formula is C23H26N4O2. The van der Waals surface area contributed by atoms with Gasteiger partial charge in [0.15, 0.2) is 0 Å². The van der Waals surface area contributed by atoms with Gasteiger partial charge in [-0.3, -0.25) is 4.79 Å². The van der Waals surface area contributed by atoms with Crippen LogP contribution < -0.4 is 15.4 Å².